The van der Waals surface area contributed by atoms with Crippen molar-refractivity contribution in [2.75, 3.05) is 14.2 Å². The largest absolute Gasteiger partial charge is 0.496 e. The minimum Gasteiger partial charge on any atom is -0.496 e. The highest BCUT2D eigenvalue weighted by Gasteiger charge is 2.60. The van der Waals surface area contributed by atoms with Crippen LogP contribution >= 0.6 is 15.9 Å². The zero-order chi connectivity index (χ0) is 21.3. The Morgan fingerprint density at radius 1 is 0.871 bits per heavy atom. The first-order valence-corrected chi connectivity index (χ1v) is 11.4. The molecule has 3 aromatic carbocycles. The van der Waals surface area contributed by atoms with E-state index in [4.69, 9.17) is 9.47 Å². The van der Waals surface area contributed by atoms with Crippen LogP contribution in [-0.2, 0) is 5.41 Å². The fourth-order valence-corrected chi connectivity index (χ4v) is 6.92. The SMILES string of the molecule is Bc1ccc(OC)c2c1-c1ccccc1C21c2c(OC)ccc(Br)c2C2C=CC=CC21. The van der Waals surface area contributed by atoms with Crippen LogP contribution < -0.4 is 14.9 Å². The summed E-state index contributed by atoms with van der Waals surface area (Å²) in [4.78, 5) is 0. The third-order valence-electron chi connectivity index (χ3n) is 7.35. The van der Waals surface area contributed by atoms with E-state index in [2.05, 4.69) is 96.6 Å². The average molecular weight is 469 g/mol. The lowest BCUT2D eigenvalue weighted by Gasteiger charge is -2.37. The maximum absolute atomic E-state index is 6.03. The smallest absolute Gasteiger partial charge is 0.140 e. The molecular weight excluding hydrogens is 447 g/mol. The van der Waals surface area contributed by atoms with Gasteiger partial charge in [0.25, 0.3) is 0 Å². The number of rotatable bonds is 2. The van der Waals surface area contributed by atoms with Crippen LogP contribution in [0.25, 0.3) is 11.1 Å². The predicted molar refractivity (Wildman–Crippen MR) is 132 cm³/mol. The van der Waals surface area contributed by atoms with Gasteiger partial charge >= 0.3 is 0 Å². The van der Waals surface area contributed by atoms with Crippen molar-refractivity contribution >= 4 is 29.2 Å². The summed E-state index contributed by atoms with van der Waals surface area (Å²) >= 11 is 3.89. The van der Waals surface area contributed by atoms with Crippen LogP contribution in [0.4, 0.5) is 0 Å². The lowest BCUT2D eigenvalue weighted by atomic mass is 9.64. The number of hydrogen-bond acceptors (Lipinski definition) is 2. The molecule has 0 bridgehead atoms. The van der Waals surface area contributed by atoms with Crippen LogP contribution in [0.15, 0.2) is 77.3 Å². The quantitative estimate of drug-likeness (QED) is 0.499. The van der Waals surface area contributed by atoms with Gasteiger partial charge < -0.3 is 9.47 Å². The van der Waals surface area contributed by atoms with Crippen LogP contribution in [0, 0.1) is 5.92 Å². The molecule has 0 N–H and O–H groups in total. The minimum atomic E-state index is -0.375. The fraction of sp³-hybridized carbons (Fsp3) is 0.185. The molecule has 4 heteroatoms. The number of fused-ring (bicyclic) bond motifs is 10. The molecule has 3 unspecified atom stereocenters. The molecule has 3 atom stereocenters. The molecule has 0 fully saturated rings. The number of methoxy groups -OCH3 is 2. The van der Waals surface area contributed by atoms with Gasteiger partial charge in [0.15, 0.2) is 0 Å². The van der Waals surface area contributed by atoms with Gasteiger partial charge in [-0.3, -0.25) is 0 Å². The third kappa shape index (κ3) is 2.19. The summed E-state index contributed by atoms with van der Waals surface area (Å²) in [5, 5.41) is 0. The van der Waals surface area contributed by atoms with Crippen molar-refractivity contribution in [3.8, 4) is 22.6 Å². The van der Waals surface area contributed by atoms with Crippen molar-refractivity contribution in [3.05, 3.63) is 99.6 Å². The molecule has 6 rings (SSSR count). The van der Waals surface area contributed by atoms with E-state index in [9.17, 15) is 0 Å². The second kappa shape index (κ2) is 6.64. The van der Waals surface area contributed by atoms with Gasteiger partial charge in [-0.05, 0) is 40.5 Å². The van der Waals surface area contributed by atoms with E-state index >= 15 is 0 Å². The second-order valence-electron chi connectivity index (χ2n) is 8.55. The normalized spacial score (nSPS) is 24.0. The van der Waals surface area contributed by atoms with Gasteiger partial charge in [0.2, 0.25) is 0 Å². The predicted octanol–water partition coefficient (Wildman–Crippen LogP) is 4.88. The summed E-state index contributed by atoms with van der Waals surface area (Å²) in [5.41, 5.74) is 8.66. The maximum Gasteiger partial charge on any atom is 0.140 e. The van der Waals surface area contributed by atoms with Crippen molar-refractivity contribution in [3.63, 3.8) is 0 Å². The number of ether oxygens (including phenoxy) is 2. The molecule has 0 saturated carbocycles. The topological polar surface area (TPSA) is 18.5 Å². The van der Waals surface area contributed by atoms with E-state index in [0.29, 0.717) is 0 Å². The van der Waals surface area contributed by atoms with Crippen molar-refractivity contribution in [1.82, 2.24) is 0 Å². The van der Waals surface area contributed by atoms with Gasteiger partial charge in [-0.25, -0.2) is 0 Å². The third-order valence-corrected chi connectivity index (χ3v) is 8.04. The monoisotopic (exact) mass is 468 g/mol. The molecule has 0 heterocycles. The standard InChI is InChI=1S/C27H22BBrO2/c1-30-21-13-11-19(28)23-15-7-3-5-9-17(15)27(25(21)23)18-10-6-4-8-16(18)24-20(29)12-14-22(31-2)26(24)27/h3-14,16,18H,28H2,1-2H3. The Labute approximate surface area is 192 Å². The van der Waals surface area contributed by atoms with Crippen molar-refractivity contribution in [2.45, 2.75) is 11.3 Å². The van der Waals surface area contributed by atoms with E-state index in [-0.39, 0.29) is 17.3 Å². The zero-order valence-corrected chi connectivity index (χ0v) is 19.4. The van der Waals surface area contributed by atoms with Crippen LogP contribution in [0.5, 0.6) is 11.5 Å². The molecule has 0 saturated heterocycles. The van der Waals surface area contributed by atoms with Crippen molar-refractivity contribution < 1.29 is 9.47 Å². The van der Waals surface area contributed by atoms with Gasteiger partial charge in [-0.1, -0.05) is 76.0 Å². The van der Waals surface area contributed by atoms with Gasteiger partial charge in [-0.2, -0.15) is 0 Å². The number of benzene rings is 3. The summed E-state index contributed by atoms with van der Waals surface area (Å²) < 4.78 is 13.2. The average Bonchev–Trinajstić information content (AvgIpc) is 3.29. The van der Waals surface area contributed by atoms with Gasteiger partial charge in [-0.15, -0.1) is 0 Å². The molecule has 3 aliphatic rings. The van der Waals surface area contributed by atoms with Crippen LogP contribution in [-0.4, -0.2) is 22.1 Å². The first kappa shape index (κ1) is 19.0. The van der Waals surface area contributed by atoms with Gasteiger partial charge in [0.1, 0.15) is 19.3 Å². The number of allylic oxidation sites excluding steroid dienone is 4. The Bertz CT molecular complexity index is 1310. The molecule has 31 heavy (non-hydrogen) atoms. The molecular formula is C27H22BBrO2. The molecule has 1 spiro atoms. The van der Waals surface area contributed by atoms with Crippen molar-refractivity contribution in [1.29, 1.82) is 0 Å². The molecule has 0 radical (unpaired) electrons. The minimum absolute atomic E-state index is 0.234. The summed E-state index contributed by atoms with van der Waals surface area (Å²) in [6.07, 6.45) is 9.08. The Hall–Kier alpha value is -2.72. The maximum atomic E-state index is 6.03. The highest BCUT2D eigenvalue weighted by Crippen LogP contribution is 2.68. The lowest BCUT2D eigenvalue weighted by molar-refractivity contribution is 0.375. The van der Waals surface area contributed by atoms with E-state index < -0.39 is 0 Å². The van der Waals surface area contributed by atoms with Crippen molar-refractivity contribution in [2.24, 2.45) is 5.92 Å². The number of halogens is 1. The molecule has 0 aromatic heterocycles. The second-order valence-corrected chi connectivity index (χ2v) is 9.40. The Balaban J connectivity index is 1.87. The summed E-state index contributed by atoms with van der Waals surface area (Å²) in [6.45, 7) is 0. The Morgan fingerprint density at radius 3 is 2.39 bits per heavy atom. The Morgan fingerprint density at radius 2 is 1.58 bits per heavy atom. The number of hydrogen-bond donors (Lipinski definition) is 0. The summed E-state index contributed by atoms with van der Waals surface area (Å²) in [5.74, 6) is 2.36. The van der Waals surface area contributed by atoms with E-state index in [1.54, 1.807) is 14.2 Å². The molecule has 0 aliphatic heterocycles. The highest BCUT2D eigenvalue weighted by molar-refractivity contribution is 9.10. The first-order chi connectivity index (χ1) is 15.1. The van der Waals surface area contributed by atoms with E-state index in [1.807, 2.05) is 0 Å². The van der Waals surface area contributed by atoms with Crippen LogP contribution in [0.3, 0.4) is 0 Å². The van der Waals surface area contributed by atoms with Gasteiger partial charge in [0, 0.05) is 27.4 Å². The van der Waals surface area contributed by atoms with Crippen LogP contribution in [0.2, 0.25) is 0 Å². The molecule has 3 aromatic rings. The summed E-state index contributed by atoms with van der Waals surface area (Å²) in [6, 6.07) is 17.4. The molecule has 2 nitrogen and oxygen atoms in total. The fourth-order valence-electron chi connectivity index (χ4n) is 6.32. The van der Waals surface area contributed by atoms with Crippen LogP contribution in [0.1, 0.15) is 28.2 Å². The first-order valence-electron chi connectivity index (χ1n) is 10.6. The van der Waals surface area contributed by atoms with E-state index in [1.165, 1.54) is 38.8 Å². The lowest BCUT2D eigenvalue weighted by Crippen LogP contribution is -2.34. The molecule has 0 amide bonds. The Kier molecular flexibility index (Phi) is 4.07. The highest BCUT2D eigenvalue weighted by atomic mass is 79.9. The molecule has 152 valence electrons. The van der Waals surface area contributed by atoms with Gasteiger partial charge in [0.05, 0.1) is 19.6 Å². The zero-order valence-electron chi connectivity index (χ0n) is 17.8. The molecule has 3 aliphatic carbocycles. The van der Waals surface area contributed by atoms with E-state index in [0.717, 1.165) is 16.0 Å². The summed E-state index contributed by atoms with van der Waals surface area (Å²) in [7, 11) is 5.76.